The molecule has 0 spiro atoms. The van der Waals surface area contributed by atoms with E-state index in [1.165, 1.54) is 12.3 Å². The van der Waals surface area contributed by atoms with Crippen molar-refractivity contribution in [3.05, 3.63) is 24.0 Å². The molecule has 1 N–H and O–H groups in total. The standard InChI is InChI=1S/C7H5NO4/c9-4-2-1-3-8-5(4)6(10)7(11)12/h1-3,9H,(H,11,12)/p-1. The van der Waals surface area contributed by atoms with Gasteiger partial charge >= 0.3 is 5.97 Å². The number of carboxylic acids is 1. The first kappa shape index (κ1) is 8.19. The van der Waals surface area contributed by atoms with Crippen molar-refractivity contribution in [3.63, 3.8) is 0 Å². The van der Waals surface area contributed by atoms with Crippen LogP contribution in [0.4, 0.5) is 0 Å². The quantitative estimate of drug-likeness (QED) is 0.469. The molecule has 5 nitrogen and oxygen atoms in total. The SMILES string of the molecule is O=C(O)C(=O)c1ncccc1[O-]. The van der Waals surface area contributed by atoms with Crippen molar-refractivity contribution in [1.29, 1.82) is 0 Å². The minimum Gasteiger partial charge on any atom is -0.871 e. The molecular weight excluding hydrogens is 162 g/mol. The van der Waals surface area contributed by atoms with E-state index in [0.717, 1.165) is 6.07 Å². The lowest BCUT2D eigenvalue weighted by Crippen LogP contribution is -2.16. The number of carbonyl (C=O) groups is 2. The molecule has 0 saturated heterocycles. The zero-order valence-electron chi connectivity index (χ0n) is 5.85. The summed E-state index contributed by atoms with van der Waals surface area (Å²) in [6.07, 6.45) is 1.19. The number of hydrogen-bond acceptors (Lipinski definition) is 4. The number of pyridine rings is 1. The summed E-state index contributed by atoms with van der Waals surface area (Å²) < 4.78 is 0. The van der Waals surface area contributed by atoms with Crippen LogP contribution in [0, 0.1) is 0 Å². The van der Waals surface area contributed by atoms with E-state index >= 15 is 0 Å². The van der Waals surface area contributed by atoms with E-state index in [-0.39, 0.29) is 0 Å². The van der Waals surface area contributed by atoms with Crippen LogP contribution in [-0.4, -0.2) is 21.8 Å². The van der Waals surface area contributed by atoms with Crippen LogP contribution < -0.4 is 5.11 Å². The lowest BCUT2D eigenvalue weighted by molar-refractivity contribution is -0.269. The van der Waals surface area contributed by atoms with Gasteiger partial charge in [0.2, 0.25) is 0 Å². The minimum atomic E-state index is -1.68. The smallest absolute Gasteiger partial charge is 0.378 e. The number of nitrogens with zero attached hydrogens (tertiary/aromatic N) is 1. The zero-order valence-corrected chi connectivity index (χ0v) is 5.85. The molecule has 12 heavy (non-hydrogen) atoms. The normalized spacial score (nSPS) is 9.33. The van der Waals surface area contributed by atoms with E-state index in [0.29, 0.717) is 0 Å². The highest BCUT2D eigenvalue weighted by atomic mass is 16.4. The summed E-state index contributed by atoms with van der Waals surface area (Å²) in [5, 5.41) is 19.0. The molecular formula is C7H4NO4-. The first-order chi connectivity index (χ1) is 5.63. The van der Waals surface area contributed by atoms with Gasteiger partial charge in [-0.05, 0) is 6.07 Å². The van der Waals surface area contributed by atoms with Crippen LogP contribution >= 0.6 is 0 Å². The predicted molar refractivity (Wildman–Crippen MR) is 35.6 cm³/mol. The van der Waals surface area contributed by atoms with Gasteiger partial charge in [0.05, 0.1) is 0 Å². The highest BCUT2D eigenvalue weighted by Crippen LogP contribution is 2.08. The lowest BCUT2D eigenvalue weighted by atomic mass is 10.2. The maximum Gasteiger partial charge on any atom is 0.378 e. The molecule has 0 saturated carbocycles. The summed E-state index contributed by atoms with van der Waals surface area (Å²) in [5.74, 6) is -3.63. The number of Topliss-reactive ketones (excluding diaryl/α,β-unsaturated/α-hetero) is 1. The summed E-state index contributed by atoms with van der Waals surface area (Å²) in [6, 6.07) is 2.42. The lowest BCUT2D eigenvalue weighted by Gasteiger charge is -2.07. The number of ketones is 1. The van der Waals surface area contributed by atoms with Crippen molar-refractivity contribution in [2.45, 2.75) is 0 Å². The first-order valence-electron chi connectivity index (χ1n) is 3.02. The molecule has 0 aliphatic rings. The number of aliphatic carboxylic acids is 1. The number of hydrogen-bond donors (Lipinski definition) is 1. The Bertz CT molecular complexity index is 334. The van der Waals surface area contributed by atoms with Crippen molar-refractivity contribution < 1.29 is 19.8 Å². The summed E-state index contributed by atoms with van der Waals surface area (Å²) in [7, 11) is 0. The van der Waals surface area contributed by atoms with Crippen LogP contribution in [0.5, 0.6) is 5.75 Å². The van der Waals surface area contributed by atoms with Crippen molar-refractivity contribution in [3.8, 4) is 5.75 Å². The van der Waals surface area contributed by atoms with Crippen molar-refractivity contribution in [1.82, 2.24) is 4.98 Å². The average Bonchev–Trinajstić information content (AvgIpc) is 2.04. The Morgan fingerprint density at radius 3 is 2.67 bits per heavy atom. The summed E-state index contributed by atoms with van der Waals surface area (Å²) in [6.45, 7) is 0. The summed E-state index contributed by atoms with van der Waals surface area (Å²) in [5.41, 5.74) is -0.551. The molecule has 0 radical (unpaired) electrons. The number of carbonyl (C=O) groups excluding carboxylic acids is 1. The largest absolute Gasteiger partial charge is 0.871 e. The Kier molecular flexibility index (Phi) is 2.05. The van der Waals surface area contributed by atoms with Crippen LogP contribution in [0.15, 0.2) is 18.3 Å². The molecule has 0 atom stereocenters. The van der Waals surface area contributed by atoms with Gasteiger partial charge in [-0.15, -0.1) is 0 Å². The van der Waals surface area contributed by atoms with Gasteiger partial charge < -0.3 is 10.2 Å². The molecule has 1 rings (SSSR count). The van der Waals surface area contributed by atoms with E-state index in [1.807, 2.05) is 0 Å². The molecule has 1 aromatic rings. The van der Waals surface area contributed by atoms with Gasteiger partial charge in [-0.2, -0.15) is 0 Å². The van der Waals surface area contributed by atoms with E-state index < -0.39 is 23.2 Å². The molecule has 1 aromatic heterocycles. The third kappa shape index (κ3) is 1.39. The van der Waals surface area contributed by atoms with Gasteiger partial charge in [-0.25, -0.2) is 4.79 Å². The molecule has 0 aliphatic heterocycles. The van der Waals surface area contributed by atoms with Gasteiger partial charge in [0, 0.05) is 6.20 Å². The molecule has 1 heterocycles. The third-order valence-electron chi connectivity index (χ3n) is 1.18. The number of rotatable bonds is 2. The second kappa shape index (κ2) is 3.00. The minimum absolute atomic E-state index is 0.551. The molecule has 0 amide bonds. The molecule has 0 bridgehead atoms. The Labute approximate surface area is 67.3 Å². The fourth-order valence-electron chi connectivity index (χ4n) is 0.662. The van der Waals surface area contributed by atoms with Gasteiger partial charge in [0.15, 0.2) is 0 Å². The van der Waals surface area contributed by atoms with Crippen LogP contribution in [0.2, 0.25) is 0 Å². The van der Waals surface area contributed by atoms with Gasteiger partial charge in [-0.1, -0.05) is 11.8 Å². The van der Waals surface area contributed by atoms with Gasteiger partial charge in [0.25, 0.3) is 5.78 Å². The van der Waals surface area contributed by atoms with Gasteiger partial charge in [0.1, 0.15) is 5.69 Å². The molecule has 0 fully saturated rings. The van der Waals surface area contributed by atoms with E-state index in [1.54, 1.807) is 0 Å². The molecule has 5 heteroatoms. The van der Waals surface area contributed by atoms with E-state index in [2.05, 4.69) is 4.98 Å². The Morgan fingerprint density at radius 1 is 1.50 bits per heavy atom. The van der Waals surface area contributed by atoms with Crippen LogP contribution in [0.1, 0.15) is 10.5 Å². The Morgan fingerprint density at radius 2 is 2.17 bits per heavy atom. The Hall–Kier alpha value is -1.91. The zero-order chi connectivity index (χ0) is 9.14. The van der Waals surface area contributed by atoms with Crippen molar-refractivity contribution >= 4 is 11.8 Å². The fourth-order valence-corrected chi connectivity index (χ4v) is 0.662. The maximum absolute atomic E-state index is 10.8. The average molecular weight is 166 g/mol. The first-order valence-corrected chi connectivity index (χ1v) is 3.02. The van der Waals surface area contributed by atoms with Crippen molar-refractivity contribution in [2.24, 2.45) is 0 Å². The number of carboxylic acid groups (broad SMARTS) is 1. The predicted octanol–water partition coefficient (Wildman–Crippen LogP) is -0.577. The van der Waals surface area contributed by atoms with E-state index in [4.69, 9.17) is 5.11 Å². The highest BCUT2D eigenvalue weighted by molar-refractivity contribution is 6.39. The summed E-state index contributed by atoms with van der Waals surface area (Å²) in [4.78, 5) is 24.2. The molecule has 62 valence electrons. The highest BCUT2D eigenvalue weighted by Gasteiger charge is 2.15. The van der Waals surface area contributed by atoms with Crippen molar-refractivity contribution in [2.75, 3.05) is 0 Å². The monoisotopic (exact) mass is 166 g/mol. The van der Waals surface area contributed by atoms with Crippen LogP contribution in [0.3, 0.4) is 0 Å². The topological polar surface area (TPSA) is 90.3 Å². The second-order valence-corrected chi connectivity index (χ2v) is 1.98. The second-order valence-electron chi connectivity index (χ2n) is 1.98. The third-order valence-corrected chi connectivity index (χ3v) is 1.18. The molecule has 0 unspecified atom stereocenters. The fraction of sp³-hybridized carbons (Fsp3) is 0. The van der Waals surface area contributed by atoms with Crippen LogP contribution in [-0.2, 0) is 4.79 Å². The van der Waals surface area contributed by atoms with Crippen LogP contribution in [0.25, 0.3) is 0 Å². The Balaban J connectivity index is 3.11. The van der Waals surface area contributed by atoms with Gasteiger partial charge in [-0.3, -0.25) is 9.78 Å². The number of aromatic nitrogens is 1. The molecule has 0 aromatic carbocycles. The van der Waals surface area contributed by atoms with E-state index in [9.17, 15) is 14.7 Å². The summed E-state index contributed by atoms with van der Waals surface area (Å²) >= 11 is 0. The molecule has 0 aliphatic carbocycles. The maximum atomic E-state index is 10.8.